The number of carbonyl (C=O) groups is 2. The van der Waals surface area contributed by atoms with Gasteiger partial charge >= 0.3 is 0 Å². The molecule has 1 aliphatic heterocycles. The predicted octanol–water partition coefficient (Wildman–Crippen LogP) is 2.12. The van der Waals surface area contributed by atoms with Gasteiger partial charge in [0.15, 0.2) is 0 Å². The average Bonchev–Trinajstić information content (AvgIpc) is 3.17. The highest BCUT2D eigenvalue weighted by Gasteiger charge is 2.51. The molecule has 2 fully saturated rings. The first-order valence-electron chi connectivity index (χ1n) is 10.3. The molecule has 0 bridgehead atoms. The summed E-state index contributed by atoms with van der Waals surface area (Å²) in [4.78, 5) is 28.2. The fraction of sp³-hybridized carbons (Fsp3) is 0.619. The predicted molar refractivity (Wildman–Crippen MR) is 113 cm³/mol. The second-order valence-electron chi connectivity index (χ2n) is 8.35. The zero-order valence-electron chi connectivity index (χ0n) is 17.7. The van der Waals surface area contributed by atoms with Crippen LogP contribution in [0.15, 0.2) is 18.2 Å². The highest BCUT2D eigenvalue weighted by atomic mass is 32.2. The van der Waals surface area contributed by atoms with Crippen LogP contribution in [-0.4, -0.2) is 55.0 Å². The van der Waals surface area contributed by atoms with Crippen LogP contribution in [-0.2, 0) is 19.6 Å². The van der Waals surface area contributed by atoms with E-state index in [9.17, 15) is 18.0 Å². The van der Waals surface area contributed by atoms with Crippen LogP contribution < -0.4 is 10.2 Å². The number of piperazine rings is 1. The molecule has 8 heteroatoms. The number of nitrogens with zero attached hydrogens (tertiary/aromatic N) is 2. The summed E-state index contributed by atoms with van der Waals surface area (Å²) in [5.74, 6) is -0.787. The van der Waals surface area contributed by atoms with Crippen molar-refractivity contribution in [2.45, 2.75) is 65.0 Å². The topological polar surface area (TPSA) is 86.8 Å². The molecule has 0 unspecified atom stereocenters. The van der Waals surface area contributed by atoms with Crippen molar-refractivity contribution in [3.63, 3.8) is 0 Å². The largest absolute Gasteiger partial charge is 0.351 e. The number of aryl methyl sites for hydroxylation is 1. The van der Waals surface area contributed by atoms with Gasteiger partial charge in [-0.1, -0.05) is 25.0 Å². The van der Waals surface area contributed by atoms with Crippen molar-refractivity contribution in [1.29, 1.82) is 0 Å². The molecule has 1 atom stereocenters. The number of carbonyl (C=O) groups excluding carboxylic acids is 2. The number of hydrogen-bond donors (Lipinski definition) is 1. The molecule has 1 saturated carbocycles. The van der Waals surface area contributed by atoms with E-state index < -0.39 is 15.6 Å². The fourth-order valence-electron chi connectivity index (χ4n) is 4.31. The average molecular weight is 422 g/mol. The number of sulfonamides is 1. The van der Waals surface area contributed by atoms with Gasteiger partial charge in [-0.3, -0.25) is 14.5 Å². The molecule has 0 spiro atoms. The van der Waals surface area contributed by atoms with Gasteiger partial charge in [-0.25, -0.2) is 8.42 Å². The lowest BCUT2D eigenvalue weighted by Crippen LogP contribution is -2.71. The van der Waals surface area contributed by atoms with Crippen LogP contribution >= 0.6 is 0 Å². The molecular formula is C21H31N3O4S. The molecule has 1 saturated heterocycles. The molecule has 29 heavy (non-hydrogen) atoms. The molecule has 2 aliphatic rings. The van der Waals surface area contributed by atoms with Gasteiger partial charge in [-0.05, 0) is 57.7 Å². The second-order valence-corrected chi connectivity index (χ2v) is 10.6. The Morgan fingerprint density at radius 1 is 1.24 bits per heavy atom. The highest BCUT2D eigenvalue weighted by molar-refractivity contribution is 7.89. The van der Waals surface area contributed by atoms with Gasteiger partial charge in [0, 0.05) is 18.3 Å². The summed E-state index contributed by atoms with van der Waals surface area (Å²) in [5.41, 5.74) is 1.26. The summed E-state index contributed by atoms with van der Waals surface area (Å²) in [6.45, 7) is 6.79. The van der Waals surface area contributed by atoms with Crippen LogP contribution in [0.4, 0.5) is 5.69 Å². The number of amides is 2. The van der Waals surface area contributed by atoms with E-state index in [4.69, 9.17) is 0 Å². The van der Waals surface area contributed by atoms with Crippen molar-refractivity contribution in [2.24, 2.45) is 0 Å². The molecule has 160 valence electrons. The fourth-order valence-corrected chi connectivity index (χ4v) is 5.43. The Morgan fingerprint density at radius 2 is 1.90 bits per heavy atom. The number of nitrogens with one attached hydrogen (secondary N) is 1. The monoisotopic (exact) mass is 421 g/mol. The number of anilines is 1. The van der Waals surface area contributed by atoms with E-state index in [0.29, 0.717) is 5.69 Å². The van der Waals surface area contributed by atoms with E-state index in [-0.39, 0.29) is 36.7 Å². The molecule has 1 N–H and O–H groups in total. The van der Waals surface area contributed by atoms with E-state index in [2.05, 4.69) is 5.32 Å². The Bertz CT molecular complexity index is 909. The van der Waals surface area contributed by atoms with Crippen LogP contribution in [0, 0.1) is 13.8 Å². The van der Waals surface area contributed by atoms with Gasteiger partial charge in [0.25, 0.3) is 0 Å². The van der Waals surface area contributed by atoms with Crippen molar-refractivity contribution < 1.29 is 18.0 Å². The zero-order valence-corrected chi connectivity index (χ0v) is 18.5. The van der Waals surface area contributed by atoms with Crippen LogP contribution in [0.1, 0.15) is 50.7 Å². The summed E-state index contributed by atoms with van der Waals surface area (Å²) < 4.78 is 26.2. The maximum atomic E-state index is 13.4. The highest BCUT2D eigenvalue weighted by Crippen LogP contribution is 2.34. The van der Waals surface area contributed by atoms with Gasteiger partial charge in [0.05, 0.1) is 12.3 Å². The van der Waals surface area contributed by atoms with Crippen molar-refractivity contribution in [1.82, 2.24) is 9.62 Å². The van der Waals surface area contributed by atoms with Crippen molar-refractivity contribution in [3.8, 4) is 0 Å². The Hall–Kier alpha value is -1.93. The van der Waals surface area contributed by atoms with E-state index >= 15 is 0 Å². The first-order valence-corrected chi connectivity index (χ1v) is 11.9. The SMILES string of the molecule is CCS(=O)(=O)N1CC(=O)N(c2cccc(C)c2C)[C@](C)(C(=O)NC2CCCC2)C1. The van der Waals surface area contributed by atoms with Gasteiger partial charge in [0.2, 0.25) is 21.8 Å². The molecule has 0 aromatic heterocycles. The van der Waals surface area contributed by atoms with Crippen molar-refractivity contribution in [3.05, 3.63) is 29.3 Å². The van der Waals surface area contributed by atoms with Crippen LogP contribution in [0.25, 0.3) is 0 Å². The second kappa shape index (κ2) is 8.07. The third-order valence-corrected chi connectivity index (χ3v) is 8.07. The van der Waals surface area contributed by atoms with Crippen LogP contribution in [0.3, 0.4) is 0 Å². The summed E-state index contributed by atoms with van der Waals surface area (Å²) in [6.07, 6.45) is 3.96. The molecule has 0 radical (unpaired) electrons. The van der Waals surface area contributed by atoms with Crippen LogP contribution in [0.2, 0.25) is 0 Å². The lowest BCUT2D eigenvalue weighted by Gasteiger charge is -2.47. The lowest BCUT2D eigenvalue weighted by molar-refractivity contribution is -0.133. The lowest BCUT2D eigenvalue weighted by atomic mass is 9.92. The molecule has 2 amide bonds. The molecule has 1 aromatic carbocycles. The molecule has 1 aliphatic carbocycles. The minimum absolute atomic E-state index is 0.0547. The Balaban J connectivity index is 2.05. The summed E-state index contributed by atoms with van der Waals surface area (Å²) >= 11 is 0. The molecular weight excluding hydrogens is 390 g/mol. The summed E-state index contributed by atoms with van der Waals surface area (Å²) in [5, 5.41) is 3.08. The first kappa shape index (κ1) is 21.8. The Kier molecular flexibility index (Phi) is 6.06. The summed E-state index contributed by atoms with van der Waals surface area (Å²) in [7, 11) is -3.60. The molecule has 1 heterocycles. The van der Waals surface area contributed by atoms with Crippen LogP contribution in [0.5, 0.6) is 0 Å². The Morgan fingerprint density at radius 3 is 2.52 bits per heavy atom. The van der Waals surface area contributed by atoms with Crippen molar-refractivity contribution in [2.75, 3.05) is 23.7 Å². The first-order chi connectivity index (χ1) is 13.6. The molecule has 7 nitrogen and oxygen atoms in total. The van der Waals surface area contributed by atoms with Gasteiger partial charge in [0.1, 0.15) is 5.54 Å². The quantitative estimate of drug-likeness (QED) is 0.789. The van der Waals surface area contributed by atoms with E-state index in [1.165, 1.54) is 4.90 Å². The third-order valence-electron chi connectivity index (χ3n) is 6.29. The number of benzene rings is 1. The van der Waals surface area contributed by atoms with Crippen molar-refractivity contribution >= 4 is 27.5 Å². The maximum absolute atomic E-state index is 13.4. The molecule has 3 rings (SSSR count). The van der Waals surface area contributed by atoms with Gasteiger partial charge < -0.3 is 5.32 Å². The smallest absolute Gasteiger partial charge is 0.247 e. The number of rotatable bonds is 5. The normalized spacial score (nSPS) is 24.1. The molecule has 1 aromatic rings. The minimum atomic E-state index is -3.60. The zero-order chi connectivity index (χ0) is 21.4. The van der Waals surface area contributed by atoms with Gasteiger partial charge in [-0.15, -0.1) is 0 Å². The van der Waals surface area contributed by atoms with E-state index in [1.807, 2.05) is 32.0 Å². The number of hydrogen-bond acceptors (Lipinski definition) is 4. The van der Waals surface area contributed by atoms with Gasteiger partial charge in [-0.2, -0.15) is 4.31 Å². The third kappa shape index (κ3) is 4.05. The maximum Gasteiger partial charge on any atom is 0.247 e. The van der Waals surface area contributed by atoms with E-state index in [1.54, 1.807) is 13.8 Å². The summed E-state index contributed by atoms with van der Waals surface area (Å²) in [6, 6.07) is 5.71. The standard InChI is InChI=1S/C21H31N3O4S/c1-5-29(27,28)23-13-19(25)24(18-12-8-9-15(2)16(18)3)21(4,14-23)20(26)22-17-10-6-7-11-17/h8-9,12,17H,5-7,10-11,13-14H2,1-4H3,(H,22,26)/t21-/m0/s1. The Labute approximate surface area is 173 Å². The van der Waals surface area contributed by atoms with E-state index in [0.717, 1.165) is 41.1 Å². The minimum Gasteiger partial charge on any atom is -0.351 e.